The minimum Gasteiger partial charge on any atom is -1.00 e. The van der Waals surface area contributed by atoms with E-state index in [0.29, 0.717) is 10.9 Å². The molecule has 2 N–H and O–H groups in total. The Labute approximate surface area is 91.7 Å². The SMILES string of the molecule is Nc1c(F)ccc2c1ccc[n+]2CF.[Cl-]. The van der Waals surface area contributed by atoms with Gasteiger partial charge in [-0.15, -0.1) is 0 Å². The molecule has 0 bridgehead atoms. The van der Waals surface area contributed by atoms with Crippen molar-refractivity contribution in [1.82, 2.24) is 0 Å². The number of nitrogen functional groups attached to an aromatic ring is 1. The molecular weight excluding hydrogens is 222 g/mol. The van der Waals surface area contributed by atoms with Crippen LogP contribution in [0.4, 0.5) is 14.5 Å². The summed E-state index contributed by atoms with van der Waals surface area (Å²) in [5.41, 5.74) is 6.18. The lowest BCUT2D eigenvalue weighted by Crippen LogP contribution is -3.00. The summed E-state index contributed by atoms with van der Waals surface area (Å²) in [6, 6.07) is 6.06. The molecule has 1 heterocycles. The van der Waals surface area contributed by atoms with Crippen LogP contribution in [0.5, 0.6) is 0 Å². The minimum atomic E-state index is -0.650. The van der Waals surface area contributed by atoms with Crippen molar-refractivity contribution in [2.24, 2.45) is 0 Å². The van der Waals surface area contributed by atoms with E-state index in [2.05, 4.69) is 0 Å². The zero-order valence-electron chi connectivity index (χ0n) is 7.75. The van der Waals surface area contributed by atoms with Crippen LogP contribution < -0.4 is 22.7 Å². The molecule has 2 aromatic rings. The Morgan fingerprint density at radius 3 is 2.67 bits per heavy atom. The van der Waals surface area contributed by atoms with Crippen molar-refractivity contribution >= 4 is 16.6 Å². The molecule has 15 heavy (non-hydrogen) atoms. The van der Waals surface area contributed by atoms with Gasteiger partial charge in [0, 0.05) is 12.1 Å². The summed E-state index contributed by atoms with van der Waals surface area (Å²) >= 11 is 0. The van der Waals surface area contributed by atoms with Gasteiger partial charge in [0.15, 0.2) is 6.20 Å². The molecule has 1 aromatic carbocycles. The third kappa shape index (κ3) is 1.85. The first-order valence-corrected chi connectivity index (χ1v) is 4.16. The summed E-state index contributed by atoms with van der Waals surface area (Å²) in [5.74, 6) is -0.478. The second-order valence-corrected chi connectivity index (χ2v) is 2.99. The van der Waals surface area contributed by atoms with Crippen molar-refractivity contribution in [3.05, 3.63) is 36.3 Å². The number of pyridine rings is 1. The number of fused-ring (bicyclic) bond motifs is 1. The number of alkyl halides is 1. The van der Waals surface area contributed by atoms with Gasteiger partial charge in [0.25, 0.3) is 6.80 Å². The van der Waals surface area contributed by atoms with E-state index in [1.54, 1.807) is 18.3 Å². The van der Waals surface area contributed by atoms with E-state index in [1.807, 2.05) is 0 Å². The number of anilines is 1. The first-order valence-electron chi connectivity index (χ1n) is 4.16. The van der Waals surface area contributed by atoms with Gasteiger partial charge < -0.3 is 18.1 Å². The van der Waals surface area contributed by atoms with Crippen LogP contribution in [0.1, 0.15) is 0 Å². The molecule has 2 rings (SSSR count). The highest BCUT2D eigenvalue weighted by atomic mass is 35.5. The molecule has 0 atom stereocenters. The van der Waals surface area contributed by atoms with E-state index >= 15 is 0 Å². The summed E-state index contributed by atoms with van der Waals surface area (Å²) in [6.07, 6.45) is 1.58. The van der Waals surface area contributed by atoms with Crippen LogP contribution in [0.15, 0.2) is 30.5 Å². The third-order valence-electron chi connectivity index (χ3n) is 2.18. The standard InChI is InChI=1S/C10H8F2N2.ClH/c11-6-14-5-1-2-7-9(14)4-3-8(12)10(7)13;/h1-5,13H,6H2;1H. The van der Waals surface area contributed by atoms with Gasteiger partial charge in [0.2, 0.25) is 5.52 Å². The molecule has 0 unspecified atom stereocenters. The number of hydrogen-bond acceptors (Lipinski definition) is 1. The fraction of sp³-hybridized carbons (Fsp3) is 0.100. The molecule has 80 valence electrons. The normalized spacial score (nSPS) is 10.0. The van der Waals surface area contributed by atoms with Crippen LogP contribution in [0.3, 0.4) is 0 Å². The number of hydrogen-bond donors (Lipinski definition) is 1. The maximum absolute atomic E-state index is 13.1. The first-order chi connectivity index (χ1) is 6.74. The van der Waals surface area contributed by atoms with Crippen molar-refractivity contribution in [2.75, 3.05) is 5.73 Å². The fourth-order valence-electron chi connectivity index (χ4n) is 1.45. The minimum absolute atomic E-state index is 0. The summed E-state index contributed by atoms with van der Waals surface area (Å²) in [6.45, 7) is -0.650. The highest BCUT2D eigenvalue weighted by Crippen LogP contribution is 2.20. The lowest BCUT2D eigenvalue weighted by atomic mass is 10.2. The topological polar surface area (TPSA) is 29.9 Å². The van der Waals surface area contributed by atoms with Gasteiger partial charge in [0.05, 0.1) is 11.1 Å². The van der Waals surface area contributed by atoms with Gasteiger partial charge in [-0.2, -0.15) is 8.96 Å². The van der Waals surface area contributed by atoms with Gasteiger partial charge in [-0.1, -0.05) is 0 Å². The van der Waals surface area contributed by atoms with Crippen LogP contribution in [-0.2, 0) is 6.80 Å². The average molecular weight is 231 g/mol. The Balaban J connectivity index is 0.00000112. The average Bonchev–Trinajstić information content (AvgIpc) is 2.23. The van der Waals surface area contributed by atoms with Gasteiger partial charge in [-0.25, -0.2) is 4.39 Å². The predicted octanol–water partition coefficient (Wildman–Crippen LogP) is -1.22. The summed E-state index contributed by atoms with van der Waals surface area (Å²) in [7, 11) is 0. The van der Waals surface area contributed by atoms with Crippen LogP contribution in [0.25, 0.3) is 10.9 Å². The highest BCUT2D eigenvalue weighted by molar-refractivity contribution is 5.88. The molecule has 5 heteroatoms. The molecule has 0 saturated carbocycles. The Morgan fingerprint density at radius 2 is 2.00 bits per heavy atom. The molecule has 0 aliphatic rings. The van der Waals surface area contributed by atoms with Crippen molar-refractivity contribution in [3.63, 3.8) is 0 Å². The molecule has 0 aliphatic heterocycles. The maximum Gasteiger partial charge on any atom is 0.290 e. The first kappa shape index (κ1) is 11.7. The largest absolute Gasteiger partial charge is 1.00 e. The molecule has 0 radical (unpaired) electrons. The van der Waals surface area contributed by atoms with Crippen molar-refractivity contribution in [2.45, 2.75) is 6.80 Å². The number of rotatable bonds is 1. The predicted molar refractivity (Wildman–Crippen MR) is 49.6 cm³/mol. The lowest BCUT2D eigenvalue weighted by molar-refractivity contribution is -0.694. The van der Waals surface area contributed by atoms with E-state index in [9.17, 15) is 8.78 Å². The van der Waals surface area contributed by atoms with E-state index in [-0.39, 0.29) is 18.1 Å². The van der Waals surface area contributed by atoms with Gasteiger partial charge >= 0.3 is 0 Å². The van der Waals surface area contributed by atoms with Crippen molar-refractivity contribution in [1.29, 1.82) is 0 Å². The molecule has 0 aliphatic carbocycles. The second kappa shape index (κ2) is 4.40. The maximum atomic E-state index is 13.1. The number of aromatic nitrogens is 1. The Bertz CT molecular complexity index is 488. The molecule has 0 saturated heterocycles. The molecule has 2 nitrogen and oxygen atoms in total. The van der Waals surface area contributed by atoms with E-state index < -0.39 is 12.6 Å². The van der Waals surface area contributed by atoms with Crippen LogP contribution in [0.2, 0.25) is 0 Å². The number of benzene rings is 1. The molecular formula is C10H9ClF2N2. The lowest BCUT2D eigenvalue weighted by Gasteiger charge is -2.01. The van der Waals surface area contributed by atoms with Crippen LogP contribution in [-0.4, -0.2) is 0 Å². The van der Waals surface area contributed by atoms with E-state index in [1.165, 1.54) is 16.7 Å². The summed E-state index contributed by atoms with van der Waals surface area (Å²) in [5, 5.41) is 0.533. The zero-order chi connectivity index (χ0) is 10.1. The fourth-order valence-corrected chi connectivity index (χ4v) is 1.45. The van der Waals surface area contributed by atoms with E-state index in [4.69, 9.17) is 5.73 Å². The van der Waals surface area contributed by atoms with Gasteiger partial charge in [-0.05, 0) is 12.1 Å². The Hall–Kier alpha value is -1.42. The van der Waals surface area contributed by atoms with E-state index in [0.717, 1.165) is 0 Å². The third-order valence-corrected chi connectivity index (χ3v) is 2.18. The van der Waals surface area contributed by atoms with Crippen molar-refractivity contribution < 1.29 is 25.8 Å². The molecule has 0 fully saturated rings. The second-order valence-electron chi connectivity index (χ2n) is 2.99. The zero-order valence-corrected chi connectivity index (χ0v) is 8.51. The van der Waals surface area contributed by atoms with Crippen LogP contribution in [0, 0.1) is 5.82 Å². The highest BCUT2D eigenvalue weighted by Gasteiger charge is 2.11. The molecule has 0 spiro atoms. The smallest absolute Gasteiger partial charge is 0.290 e. The number of halogens is 3. The molecule has 1 aromatic heterocycles. The summed E-state index contributed by atoms with van der Waals surface area (Å²) in [4.78, 5) is 0. The Morgan fingerprint density at radius 1 is 1.27 bits per heavy atom. The van der Waals surface area contributed by atoms with Crippen LogP contribution >= 0.6 is 0 Å². The monoisotopic (exact) mass is 230 g/mol. The Kier molecular flexibility index (Phi) is 3.42. The summed E-state index contributed by atoms with van der Waals surface area (Å²) < 4.78 is 26.9. The quantitative estimate of drug-likeness (QED) is 0.483. The van der Waals surface area contributed by atoms with Gasteiger partial charge in [-0.3, -0.25) is 0 Å². The van der Waals surface area contributed by atoms with Crippen molar-refractivity contribution in [3.8, 4) is 0 Å². The van der Waals surface area contributed by atoms with Gasteiger partial charge in [0.1, 0.15) is 5.82 Å². The number of nitrogens with two attached hydrogens (primary N) is 1. The molecule has 0 amide bonds. The number of nitrogens with zero attached hydrogens (tertiary/aromatic N) is 1.